The Morgan fingerprint density at radius 2 is 1.63 bits per heavy atom. The fraction of sp³-hybridized carbons (Fsp3) is 0.571. The Kier molecular flexibility index (Phi) is 9.39. The van der Waals surface area contributed by atoms with Crippen LogP contribution >= 0.6 is 0 Å². The molecule has 0 amide bonds. The Morgan fingerprint density at radius 1 is 0.959 bits per heavy atom. The second-order valence-electron chi connectivity index (χ2n) is 13.9. The minimum atomic E-state index is -1.78. The molecule has 2 fully saturated rings. The molecular weight excluding hydrogens is 642 g/mol. The van der Waals surface area contributed by atoms with E-state index in [9.17, 15) is 39.9 Å². The van der Waals surface area contributed by atoms with Crippen molar-refractivity contribution in [1.82, 2.24) is 4.90 Å². The van der Waals surface area contributed by atoms with Gasteiger partial charge in [0.1, 0.15) is 29.6 Å². The van der Waals surface area contributed by atoms with E-state index in [1.165, 1.54) is 31.2 Å². The first-order valence-corrected chi connectivity index (χ1v) is 16.3. The first kappa shape index (κ1) is 35.4. The van der Waals surface area contributed by atoms with Crippen molar-refractivity contribution in [1.29, 1.82) is 0 Å². The molecule has 2 aromatic carbocycles. The van der Waals surface area contributed by atoms with Crippen molar-refractivity contribution < 1.29 is 63.6 Å². The number of methoxy groups -OCH3 is 1. The van der Waals surface area contributed by atoms with Crippen LogP contribution in [-0.4, -0.2) is 124 Å². The third kappa shape index (κ3) is 6.03. The zero-order valence-corrected chi connectivity index (χ0v) is 28.2. The van der Waals surface area contributed by atoms with E-state index in [0.29, 0.717) is 0 Å². The van der Waals surface area contributed by atoms with Crippen LogP contribution in [0.1, 0.15) is 95.0 Å². The molecule has 0 aromatic heterocycles. The van der Waals surface area contributed by atoms with Crippen molar-refractivity contribution in [2.75, 3.05) is 21.2 Å². The van der Waals surface area contributed by atoms with E-state index in [0.717, 1.165) is 7.11 Å². The first-order valence-electron chi connectivity index (χ1n) is 16.3. The molecule has 14 heteroatoms. The maximum Gasteiger partial charge on any atom is 0.316 e. The molecule has 2 saturated heterocycles. The van der Waals surface area contributed by atoms with E-state index in [2.05, 4.69) is 0 Å². The maximum absolute atomic E-state index is 13.8. The maximum atomic E-state index is 13.8. The number of fused-ring (bicyclic) bond motifs is 3. The Morgan fingerprint density at radius 3 is 2.29 bits per heavy atom. The number of ketones is 2. The van der Waals surface area contributed by atoms with Gasteiger partial charge in [-0.3, -0.25) is 14.4 Å². The highest BCUT2D eigenvalue weighted by atomic mass is 16.7. The fourth-order valence-corrected chi connectivity index (χ4v) is 7.75. The summed E-state index contributed by atoms with van der Waals surface area (Å²) < 4.78 is 29.9. The minimum Gasteiger partial charge on any atom is -0.507 e. The Balaban J connectivity index is 1.35. The van der Waals surface area contributed by atoms with E-state index in [-0.39, 0.29) is 58.7 Å². The predicted molar refractivity (Wildman–Crippen MR) is 169 cm³/mol. The number of esters is 1. The summed E-state index contributed by atoms with van der Waals surface area (Å²) in [6, 6.07) is 5.09. The SMILES string of the molecule is COC(=O)[C@@H]1c2cc3c(c(O)c2[C@@H](OC2CC(N(C)C)C(OC4CC(O)C(O)C(C)O4)C(C)O2)C[C@@]1(C)O)C(=O)c1c(O)cccc1C3=O. The highest BCUT2D eigenvalue weighted by Crippen LogP contribution is 2.53. The van der Waals surface area contributed by atoms with Crippen molar-refractivity contribution in [3.63, 3.8) is 0 Å². The van der Waals surface area contributed by atoms with E-state index in [1.807, 2.05) is 19.0 Å². The van der Waals surface area contributed by atoms with Crippen LogP contribution in [0.5, 0.6) is 11.5 Å². The number of ether oxygens (including phenoxy) is 5. The van der Waals surface area contributed by atoms with Gasteiger partial charge < -0.3 is 54.1 Å². The molecular formula is C35H43NO13. The number of rotatable bonds is 6. The number of nitrogens with zero attached hydrogens (tertiary/aromatic N) is 1. The molecule has 266 valence electrons. The summed E-state index contributed by atoms with van der Waals surface area (Å²) in [7, 11) is 4.87. The average molecular weight is 686 g/mol. The highest BCUT2D eigenvalue weighted by Gasteiger charge is 2.52. The largest absolute Gasteiger partial charge is 0.507 e. The van der Waals surface area contributed by atoms with Crippen molar-refractivity contribution in [2.45, 2.75) is 107 Å². The lowest BCUT2D eigenvalue weighted by atomic mass is 9.68. The van der Waals surface area contributed by atoms with Gasteiger partial charge in [-0.1, -0.05) is 12.1 Å². The molecule has 0 radical (unpaired) electrons. The van der Waals surface area contributed by atoms with Gasteiger partial charge in [0, 0.05) is 42.0 Å². The molecule has 2 aromatic rings. The second-order valence-corrected chi connectivity index (χ2v) is 13.9. The van der Waals surface area contributed by atoms with Crippen LogP contribution in [0.25, 0.3) is 0 Å². The van der Waals surface area contributed by atoms with Crippen LogP contribution in [0.15, 0.2) is 24.3 Å². The molecule has 2 aliphatic heterocycles. The first-order chi connectivity index (χ1) is 23.0. The molecule has 2 heterocycles. The third-order valence-electron chi connectivity index (χ3n) is 10.3. The van der Waals surface area contributed by atoms with Crippen molar-refractivity contribution in [3.8, 4) is 11.5 Å². The van der Waals surface area contributed by atoms with Crippen LogP contribution in [-0.2, 0) is 28.5 Å². The van der Waals surface area contributed by atoms with Gasteiger partial charge in [0.05, 0.1) is 48.3 Å². The molecule has 0 spiro atoms. The molecule has 5 N–H and O–H groups in total. The lowest BCUT2D eigenvalue weighted by Gasteiger charge is -2.47. The van der Waals surface area contributed by atoms with E-state index < -0.39 is 89.8 Å². The molecule has 2 aliphatic carbocycles. The molecule has 0 saturated carbocycles. The summed E-state index contributed by atoms with van der Waals surface area (Å²) in [6.45, 7) is 4.86. The normalized spacial score (nSPS) is 35.8. The number of aliphatic hydroxyl groups excluding tert-OH is 2. The summed E-state index contributed by atoms with van der Waals surface area (Å²) in [5.41, 5.74) is -2.53. The number of carbonyl (C=O) groups excluding carboxylic acids is 3. The Bertz CT molecular complexity index is 1640. The number of benzene rings is 2. The molecule has 11 atom stereocenters. The third-order valence-corrected chi connectivity index (χ3v) is 10.3. The van der Waals surface area contributed by atoms with Crippen LogP contribution in [0, 0.1) is 0 Å². The van der Waals surface area contributed by atoms with E-state index in [1.54, 1.807) is 13.8 Å². The standard InChI is InChI=1S/C35H43NO13/c1-14-29(39)21(38)12-24(46-14)49-33-15(2)47-23(11-19(33)36(4)5)48-22-13-35(3,44)28(34(43)45-6)17-10-18-27(32(42)26(17)22)31(41)25-16(30(18)40)8-7-9-20(25)37/h7-10,14-15,19,21-24,28-29,33,37-39,42,44H,11-13H2,1-6H3/t14?,15?,19?,21?,22-,23?,24?,28-,29?,33?,35+/m0/s1. The van der Waals surface area contributed by atoms with Gasteiger partial charge in [-0.2, -0.15) is 0 Å². The van der Waals surface area contributed by atoms with Crippen LogP contribution in [0.4, 0.5) is 0 Å². The van der Waals surface area contributed by atoms with Gasteiger partial charge in [0.2, 0.25) is 5.78 Å². The summed E-state index contributed by atoms with van der Waals surface area (Å²) in [5, 5.41) is 54.4. The summed E-state index contributed by atoms with van der Waals surface area (Å²) >= 11 is 0. The monoisotopic (exact) mass is 685 g/mol. The summed E-state index contributed by atoms with van der Waals surface area (Å²) in [5.74, 6) is -4.61. The predicted octanol–water partition coefficient (Wildman–Crippen LogP) is 1.65. The highest BCUT2D eigenvalue weighted by molar-refractivity contribution is 6.30. The number of aliphatic hydroxyl groups is 3. The molecule has 14 nitrogen and oxygen atoms in total. The molecule has 4 aliphatic rings. The summed E-state index contributed by atoms with van der Waals surface area (Å²) in [6.07, 6.45) is -6.59. The van der Waals surface area contributed by atoms with Crippen LogP contribution in [0.3, 0.4) is 0 Å². The summed E-state index contributed by atoms with van der Waals surface area (Å²) in [4.78, 5) is 42.5. The number of aromatic hydroxyl groups is 2. The zero-order valence-electron chi connectivity index (χ0n) is 28.2. The zero-order chi connectivity index (χ0) is 35.7. The number of carbonyl (C=O) groups is 3. The Hall–Kier alpha value is -3.47. The van der Waals surface area contributed by atoms with E-state index in [4.69, 9.17) is 23.7 Å². The molecule has 8 unspecified atom stereocenters. The van der Waals surface area contributed by atoms with Gasteiger partial charge >= 0.3 is 5.97 Å². The topological polar surface area (TPSA) is 202 Å². The second kappa shape index (κ2) is 13.0. The molecule has 0 bridgehead atoms. The quantitative estimate of drug-likeness (QED) is 0.235. The van der Waals surface area contributed by atoms with Gasteiger partial charge in [-0.05, 0) is 52.6 Å². The van der Waals surface area contributed by atoms with Crippen molar-refractivity contribution in [2.24, 2.45) is 0 Å². The number of phenolic OH excluding ortho intramolecular Hbond substituents is 2. The van der Waals surface area contributed by atoms with Gasteiger partial charge in [-0.15, -0.1) is 0 Å². The minimum absolute atomic E-state index is 0.0221. The molecule has 6 rings (SSSR count). The lowest BCUT2D eigenvalue weighted by Crippen LogP contribution is -2.57. The van der Waals surface area contributed by atoms with Crippen LogP contribution < -0.4 is 0 Å². The van der Waals surface area contributed by atoms with E-state index >= 15 is 0 Å². The van der Waals surface area contributed by atoms with Gasteiger partial charge in [-0.25, -0.2) is 0 Å². The Labute approximate surface area is 283 Å². The number of phenols is 2. The number of hydrogen-bond donors (Lipinski definition) is 5. The number of likely N-dealkylation sites (N-methyl/N-ethyl adjacent to an activating group) is 1. The van der Waals surface area contributed by atoms with Gasteiger partial charge in [0.15, 0.2) is 18.4 Å². The smallest absolute Gasteiger partial charge is 0.316 e. The van der Waals surface area contributed by atoms with Crippen molar-refractivity contribution in [3.05, 3.63) is 57.6 Å². The van der Waals surface area contributed by atoms with Gasteiger partial charge in [0.25, 0.3) is 0 Å². The lowest BCUT2D eigenvalue weighted by molar-refractivity contribution is -0.310. The number of hydrogen-bond acceptors (Lipinski definition) is 14. The molecule has 49 heavy (non-hydrogen) atoms. The van der Waals surface area contributed by atoms with Crippen LogP contribution in [0.2, 0.25) is 0 Å². The fourth-order valence-electron chi connectivity index (χ4n) is 7.75. The average Bonchev–Trinajstić information content (AvgIpc) is 3.02. The van der Waals surface area contributed by atoms with Crippen molar-refractivity contribution >= 4 is 17.5 Å².